The van der Waals surface area contributed by atoms with Crippen LogP contribution in [0.15, 0.2) is 39.5 Å². The zero-order valence-electron chi connectivity index (χ0n) is 8.02. The van der Waals surface area contributed by atoms with E-state index in [-0.39, 0.29) is 6.01 Å². The van der Waals surface area contributed by atoms with Gasteiger partial charge in [0.15, 0.2) is 0 Å². The number of aromatic nitrogens is 2. The average molecular weight is 345 g/mol. The standard InChI is InChI=1S/C10H7Br2N3O/c11-6-1-8(13)3-9(2-6)16-10-14-4-7(12)5-15-10/h1-5H,13H2. The second-order valence-electron chi connectivity index (χ2n) is 3.01. The maximum Gasteiger partial charge on any atom is 0.321 e. The van der Waals surface area contributed by atoms with Crippen molar-refractivity contribution in [3.63, 3.8) is 0 Å². The van der Waals surface area contributed by atoms with Crippen molar-refractivity contribution in [2.24, 2.45) is 0 Å². The highest BCUT2D eigenvalue weighted by Crippen LogP contribution is 2.25. The van der Waals surface area contributed by atoms with Crippen LogP contribution in [0.4, 0.5) is 5.69 Å². The van der Waals surface area contributed by atoms with E-state index in [1.54, 1.807) is 30.6 Å². The Labute approximate surface area is 109 Å². The van der Waals surface area contributed by atoms with Gasteiger partial charge in [-0.1, -0.05) is 15.9 Å². The van der Waals surface area contributed by atoms with Crippen LogP contribution in [0.5, 0.6) is 11.8 Å². The first-order valence-corrected chi connectivity index (χ1v) is 5.93. The molecule has 0 spiro atoms. The average Bonchev–Trinajstić information content (AvgIpc) is 2.20. The van der Waals surface area contributed by atoms with Gasteiger partial charge in [-0.15, -0.1) is 0 Å². The fourth-order valence-corrected chi connectivity index (χ4v) is 1.80. The molecule has 1 aromatic carbocycles. The van der Waals surface area contributed by atoms with Crippen LogP contribution in [0.2, 0.25) is 0 Å². The number of anilines is 1. The van der Waals surface area contributed by atoms with Crippen molar-refractivity contribution in [2.75, 3.05) is 5.73 Å². The summed E-state index contributed by atoms with van der Waals surface area (Å²) in [6, 6.07) is 5.56. The second kappa shape index (κ2) is 4.80. The second-order valence-corrected chi connectivity index (χ2v) is 4.84. The summed E-state index contributed by atoms with van der Waals surface area (Å²) < 4.78 is 7.09. The van der Waals surface area contributed by atoms with E-state index in [2.05, 4.69) is 41.8 Å². The maximum absolute atomic E-state index is 5.68. The number of halogens is 2. The summed E-state index contributed by atoms with van der Waals surface area (Å²) in [6.45, 7) is 0. The summed E-state index contributed by atoms with van der Waals surface area (Å²) >= 11 is 6.58. The lowest BCUT2D eigenvalue weighted by molar-refractivity contribution is 0.441. The lowest BCUT2D eigenvalue weighted by Crippen LogP contribution is -1.92. The molecule has 0 bridgehead atoms. The van der Waals surface area contributed by atoms with Crippen LogP contribution in [0.3, 0.4) is 0 Å². The van der Waals surface area contributed by atoms with Crippen molar-refractivity contribution in [2.45, 2.75) is 0 Å². The quantitative estimate of drug-likeness (QED) is 0.848. The zero-order chi connectivity index (χ0) is 11.5. The van der Waals surface area contributed by atoms with Gasteiger partial charge in [0.1, 0.15) is 5.75 Å². The Morgan fingerprint density at radius 1 is 1.00 bits per heavy atom. The fraction of sp³-hybridized carbons (Fsp3) is 0. The number of rotatable bonds is 2. The number of nitrogen functional groups attached to an aromatic ring is 1. The van der Waals surface area contributed by atoms with Crippen LogP contribution in [0.25, 0.3) is 0 Å². The van der Waals surface area contributed by atoms with Crippen LogP contribution >= 0.6 is 31.9 Å². The summed E-state index contributed by atoms with van der Waals surface area (Å²) in [4.78, 5) is 7.99. The van der Waals surface area contributed by atoms with Gasteiger partial charge in [-0.05, 0) is 28.1 Å². The van der Waals surface area contributed by atoms with Crippen molar-refractivity contribution >= 4 is 37.5 Å². The van der Waals surface area contributed by atoms with Gasteiger partial charge in [-0.3, -0.25) is 0 Å². The van der Waals surface area contributed by atoms with Gasteiger partial charge in [0, 0.05) is 28.6 Å². The molecule has 0 unspecified atom stereocenters. The molecule has 4 nitrogen and oxygen atoms in total. The van der Waals surface area contributed by atoms with Crippen LogP contribution < -0.4 is 10.5 Å². The van der Waals surface area contributed by atoms with Crippen molar-refractivity contribution in [1.29, 1.82) is 0 Å². The summed E-state index contributed by atoms with van der Waals surface area (Å²) in [7, 11) is 0. The summed E-state index contributed by atoms with van der Waals surface area (Å²) in [5.41, 5.74) is 6.29. The molecule has 0 saturated carbocycles. The van der Waals surface area contributed by atoms with Crippen molar-refractivity contribution in [3.05, 3.63) is 39.5 Å². The predicted octanol–water partition coefficient (Wildman–Crippen LogP) is 3.38. The van der Waals surface area contributed by atoms with Crippen LogP contribution in [0.1, 0.15) is 0 Å². The first kappa shape index (κ1) is 11.3. The molecule has 0 atom stereocenters. The van der Waals surface area contributed by atoms with E-state index in [1.165, 1.54) is 0 Å². The molecule has 0 aliphatic heterocycles. The Hall–Kier alpha value is -1.14. The topological polar surface area (TPSA) is 61.0 Å². The maximum atomic E-state index is 5.68. The molecule has 0 aliphatic carbocycles. The zero-order valence-corrected chi connectivity index (χ0v) is 11.2. The first-order valence-electron chi connectivity index (χ1n) is 4.35. The largest absolute Gasteiger partial charge is 0.424 e. The van der Waals surface area contributed by atoms with E-state index in [0.717, 1.165) is 8.95 Å². The number of hydrogen-bond acceptors (Lipinski definition) is 4. The lowest BCUT2D eigenvalue weighted by Gasteiger charge is -2.04. The SMILES string of the molecule is Nc1cc(Br)cc(Oc2ncc(Br)cn2)c1. The highest BCUT2D eigenvalue weighted by atomic mass is 79.9. The molecule has 82 valence electrons. The Morgan fingerprint density at radius 3 is 2.31 bits per heavy atom. The van der Waals surface area contributed by atoms with E-state index < -0.39 is 0 Å². The van der Waals surface area contributed by atoms with Crippen LogP contribution in [-0.4, -0.2) is 9.97 Å². The third-order valence-electron chi connectivity index (χ3n) is 1.70. The molecule has 0 aliphatic rings. The molecule has 0 amide bonds. The Kier molecular flexibility index (Phi) is 3.40. The minimum absolute atomic E-state index is 0.278. The van der Waals surface area contributed by atoms with E-state index in [0.29, 0.717) is 11.4 Å². The van der Waals surface area contributed by atoms with E-state index in [1.807, 2.05) is 0 Å². The molecule has 0 fully saturated rings. The van der Waals surface area contributed by atoms with Gasteiger partial charge in [0.05, 0.1) is 4.47 Å². The molecule has 0 saturated heterocycles. The lowest BCUT2D eigenvalue weighted by atomic mass is 10.3. The summed E-state index contributed by atoms with van der Waals surface area (Å²) in [5, 5.41) is 0. The highest BCUT2D eigenvalue weighted by molar-refractivity contribution is 9.10. The van der Waals surface area contributed by atoms with Gasteiger partial charge in [0.25, 0.3) is 0 Å². The molecule has 6 heteroatoms. The van der Waals surface area contributed by atoms with Gasteiger partial charge in [-0.25, -0.2) is 9.97 Å². The van der Waals surface area contributed by atoms with E-state index in [4.69, 9.17) is 10.5 Å². The van der Waals surface area contributed by atoms with E-state index >= 15 is 0 Å². The Morgan fingerprint density at radius 2 is 1.69 bits per heavy atom. The molecular formula is C10H7Br2N3O. The van der Waals surface area contributed by atoms with Crippen molar-refractivity contribution in [1.82, 2.24) is 9.97 Å². The molecule has 2 rings (SSSR count). The Balaban J connectivity index is 2.23. The number of hydrogen-bond donors (Lipinski definition) is 1. The smallest absolute Gasteiger partial charge is 0.321 e. The van der Waals surface area contributed by atoms with Gasteiger partial charge >= 0.3 is 6.01 Å². The number of nitrogens with two attached hydrogens (primary N) is 1. The monoisotopic (exact) mass is 343 g/mol. The summed E-state index contributed by atoms with van der Waals surface area (Å²) in [6.07, 6.45) is 3.23. The van der Waals surface area contributed by atoms with Crippen molar-refractivity contribution < 1.29 is 4.74 Å². The molecule has 1 aromatic heterocycles. The molecule has 0 radical (unpaired) electrons. The number of benzene rings is 1. The van der Waals surface area contributed by atoms with E-state index in [9.17, 15) is 0 Å². The fourth-order valence-electron chi connectivity index (χ4n) is 1.10. The van der Waals surface area contributed by atoms with Gasteiger partial charge in [-0.2, -0.15) is 0 Å². The normalized spacial score (nSPS) is 10.1. The first-order chi connectivity index (χ1) is 7.63. The molecule has 2 aromatic rings. The third-order valence-corrected chi connectivity index (χ3v) is 2.57. The molecule has 1 heterocycles. The van der Waals surface area contributed by atoms with Crippen LogP contribution in [-0.2, 0) is 0 Å². The number of ether oxygens (including phenoxy) is 1. The van der Waals surface area contributed by atoms with Gasteiger partial charge < -0.3 is 10.5 Å². The molecule has 2 N–H and O–H groups in total. The minimum Gasteiger partial charge on any atom is -0.424 e. The van der Waals surface area contributed by atoms with Crippen LogP contribution in [0, 0.1) is 0 Å². The molecule has 16 heavy (non-hydrogen) atoms. The number of nitrogens with zero attached hydrogens (tertiary/aromatic N) is 2. The van der Waals surface area contributed by atoms with Gasteiger partial charge in [0.2, 0.25) is 0 Å². The highest BCUT2D eigenvalue weighted by Gasteiger charge is 2.02. The third kappa shape index (κ3) is 2.93. The molecular weight excluding hydrogens is 338 g/mol. The van der Waals surface area contributed by atoms with Crippen molar-refractivity contribution in [3.8, 4) is 11.8 Å². The summed E-state index contributed by atoms with van der Waals surface area (Å²) in [5.74, 6) is 0.592. The minimum atomic E-state index is 0.278. The Bertz CT molecular complexity index is 482. The predicted molar refractivity (Wildman–Crippen MR) is 68.4 cm³/mol.